The van der Waals surface area contributed by atoms with Gasteiger partial charge < -0.3 is 9.47 Å². The van der Waals surface area contributed by atoms with Crippen molar-refractivity contribution in [2.75, 3.05) is 7.11 Å². The number of alkyl halides is 3. The highest BCUT2D eigenvalue weighted by molar-refractivity contribution is 5.86. The monoisotopic (exact) mass is 392 g/mol. The van der Waals surface area contributed by atoms with Crippen LogP contribution in [0, 0.1) is 0 Å². The number of methoxy groups -OCH3 is 1. The zero-order valence-corrected chi connectivity index (χ0v) is 14.7. The second-order valence-corrected chi connectivity index (χ2v) is 5.69. The number of hydrogen-bond donors (Lipinski definition) is 0. The zero-order valence-electron chi connectivity index (χ0n) is 14.7. The molecule has 0 saturated carbocycles. The van der Waals surface area contributed by atoms with Gasteiger partial charge in [0.15, 0.2) is 5.82 Å². The van der Waals surface area contributed by atoms with Crippen LogP contribution in [0.15, 0.2) is 48.9 Å². The van der Waals surface area contributed by atoms with E-state index in [4.69, 9.17) is 0 Å². The number of aryl methyl sites for hydroxylation is 2. The van der Waals surface area contributed by atoms with Crippen molar-refractivity contribution in [3.63, 3.8) is 0 Å². The number of carbonyl (C=O) groups is 1. The van der Waals surface area contributed by atoms with Gasteiger partial charge in [0.1, 0.15) is 17.8 Å². The van der Waals surface area contributed by atoms with Crippen LogP contribution in [0.2, 0.25) is 0 Å². The molecule has 0 amide bonds. The number of esters is 1. The number of aromatic nitrogens is 4. The van der Waals surface area contributed by atoms with Crippen LogP contribution in [0.3, 0.4) is 0 Å². The van der Waals surface area contributed by atoms with Gasteiger partial charge in [-0.3, -0.25) is 0 Å². The maximum atomic E-state index is 12.2. The number of benzene rings is 1. The molecule has 146 valence electrons. The van der Waals surface area contributed by atoms with E-state index in [1.54, 1.807) is 18.3 Å². The molecule has 28 heavy (non-hydrogen) atoms. The maximum absolute atomic E-state index is 12.2. The number of pyridine rings is 1. The van der Waals surface area contributed by atoms with Crippen molar-refractivity contribution >= 4 is 5.97 Å². The third kappa shape index (κ3) is 5.06. The van der Waals surface area contributed by atoms with Crippen LogP contribution in [-0.2, 0) is 17.6 Å². The lowest BCUT2D eigenvalue weighted by molar-refractivity contribution is -0.274. The van der Waals surface area contributed by atoms with Gasteiger partial charge in [-0.15, -0.1) is 13.2 Å². The van der Waals surface area contributed by atoms with Crippen molar-refractivity contribution in [3.8, 4) is 11.4 Å². The molecule has 1 aromatic carbocycles. The molecule has 0 N–H and O–H groups in total. The Kier molecular flexibility index (Phi) is 5.57. The van der Waals surface area contributed by atoms with Crippen LogP contribution in [0.25, 0.3) is 5.69 Å². The molecule has 0 atom stereocenters. The van der Waals surface area contributed by atoms with E-state index in [1.807, 2.05) is 0 Å². The van der Waals surface area contributed by atoms with Gasteiger partial charge in [0.25, 0.3) is 0 Å². The summed E-state index contributed by atoms with van der Waals surface area (Å²) in [4.78, 5) is 19.6. The molecule has 7 nitrogen and oxygen atoms in total. The van der Waals surface area contributed by atoms with E-state index in [0.717, 1.165) is 5.56 Å². The fraction of sp³-hybridized carbons (Fsp3) is 0.222. The normalized spacial score (nSPS) is 11.3. The quantitative estimate of drug-likeness (QED) is 0.600. The molecule has 3 rings (SSSR count). The lowest BCUT2D eigenvalue weighted by atomic mass is 10.1. The van der Waals surface area contributed by atoms with E-state index in [1.165, 1.54) is 42.4 Å². The number of halogens is 3. The molecule has 0 saturated heterocycles. The molecular formula is C18H15F3N4O3. The van der Waals surface area contributed by atoms with Gasteiger partial charge in [-0.1, -0.05) is 6.07 Å². The number of ether oxygens (including phenoxy) is 2. The molecule has 0 aliphatic rings. The fourth-order valence-corrected chi connectivity index (χ4v) is 2.39. The van der Waals surface area contributed by atoms with Gasteiger partial charge >= 0.3 is 12.3 Å². The molecule has 2 heterocycles. The predicted octanol–water partition coefficient (Wildman–Crippen LogP) is 3.13. The van der Waals surface area contributed by atoms with Crippen molar-refractivity contribution < 1.29 is 27.4 Å². The first-order valence-corrected chi connectivity index (χ1v) is 8.14. The van der Waals surface area contributed by atoms with Crippen molar-refractivity contribution in [2.24, 2.45) is 0 Å². The summed E-state index contributed by atoms with van der Waals surface area (Å²) >= 11 is 0. The van der Waals surface area contributed by atoms with Gasteiger partial charge in [-0.2, -0.15) is 5.10 Å². The Balaban J connectivity index is 1.60. The number of hydrogen-bond acceptors (Lipinski definition) is 6. The third-order valence-electron chi connectivity index (χ3n) is 3.73. The summed E-state index contributed by atoms with van der Waals surface area (Å²) in [5.41, 5.74) is 1.68. The third-order valence-corrected chi connectivity index (χ3v) is 3.73. The lowest BCUT2D eigenvalue weighted by Gasteiger charge is -2.09. The first-order valence-electron chi connectivity index (χ1n) is 8.14. The SMILES string of the molecule is COC(=O)c1ccc(CCc2ncn(-c3ccc(OC(F)(F)F)cc3)n2)cn1. The van der Waals surface area contributed by atoms with E-state index in [2.05, 4.69) is 24.5 Å². The van der Waals surface area contributed by atoms with Crippen molar-refractivity contribution in [1.82, 2.24) is 19.7 Å². The Bertz CT molecular complexity index is 938. The van der Waals surface area contributed by atoms with E-state index in [9.17, 15) is 18.0 Å². The van der Waals surface area contributed by atoms with Crippen molar-refractivity contribution in [1.29, 1.82) is 0 Å². The summed E-state index contributed by atoms with van der Waals surface area (Å²) < 4.78 is 46.5. The van der Waals surface area contributed by atoms with E-state index in [0.29, 0.717) is 24.4 Å². The Hall–Kier alpha value is -3.43. The first kappa shape index (κ1) is 19.3. The minimum absolute atomic E-state index is 0.228. The maximum Gasteiger partial charge on any atom is 0.573 e. The highest BCUT2D eigenvalue weighted by atomic mass is 19.4. The summed E-state index contributed by atoms with van der Waals surface area (Å²) in [6, 6.07) is 8.68. The van der Waals surface area contributed by atoms with Gasteiger partial charge in [-0.25, -0.2) is 19.4 Å². The number of carbonyl (C=O) groups excluding carboxylic acids is 1. The minimum atomic E-state index is -4.73. The topological polar surface area (TPSA) is 79.1 Å². The Labute approximate surface area is 157 Å². The molecule has 0 unspecified atom stereocenters. The summed E-state index contributed by atoms with van der Waals surface area (Å²) in [5.74, 6) is -0.245. The Morgan fingerprint density at radius 2 is 1.82 bits per heavy atom. The number of rotatable bonds is 6. The van der Waals surface area contributed by atoms with Crippen LogP contribution >= 0.6 is 0 Å². The smallest absolute Gasteiger partial charge is 0.464 e. The molecule has 0 bridgehead atoms. The molecule has 0 aliphatic carbocycles. The van der Waals surface area contributed by atoms with Gasteiger partial charge in [0, 0.05) is 12.6 Å². The summed E-state index contributed by atoms with van der Waals surface area (Å²) in [7, 11) is 1.29. The largest absolute Gasteiger partial charge is 0.573 e. The Morgan fingerprint density at radius 1 is 1.07 bits per heavy atom. The molecule has 0 radical (unpaired) electrons. The fourth-order valence-electron chi connectivity index (χ4n) is 2.39. The molecule has 10 heteroatoms. The van der Waals surface area contributed by atoms with Crippen LogP contribution in [0.4, 0.5) is 13.2 Å². The highest BCUT2D eigenvalue weighted by Gasteiger charge is 2.30. The van der Waals surface area contributed by atoms with Gasteiger partial charge in [0.05, 0.1) is 12.8 Å². The molecule has 0 fully saturated rings. The summed E-state index contributed by atoms with van der Waals surface area (Å²) in [6.45, 7) is 0. The number of nitrogens with zero attached hydrogens (tertiary/aromatic N) is 4. The molecule has 2 aromatic heterocycles. The van der Waals surface area contributed by atoms with E-state index < -0.39 is 12.3 Å². The first-order chi connectivity index (χ1) is 13.3. The molecule has 0 spiro atoms. The predicted molar refractivity (Wildman–Crippen MR) is 91.0 cm³/mol. The van der Waals surface area contributed by atoms with Crippen LogP contribution < -0.4 is 4.74 Å². The van der Waals surface area contributed by atoms with Gasteiger partial charge in [0.2, 0.25) is 0 Å². The van der Waals surface area contributed by atoms with Crippen LogP contribution in [0.1, 0.15) is 21.9 Å². The highest BCUT2D eigenvalue weighted by Crippen LogP contribution is 2.23. The average molecular weight is 392 g/mol. The standard InChI is InChI=1S/C18H15F3N4O3/c1-27-17(26)15-8-2-12(10-22-15)3-9-16-23-11-25(24-16)13-4-6-14(7-5-13)28-18(19,20)21/h2,4-8,10-11H,3,9H2,1H3. The second-order valence-electron chi connectivity index (χ2n) is 5.69. The van der Waals surface area contributed by atoms with E-state index >= 15 is 0 Å². The zero-order chi connectivity index (χ0) is 20.1. The lowest BCUT2D eigenvalue weighted by Crippen LogP contribution is -2.17. The van der Waals surface area contributed by atoms with Crippen molar-refractivity contribution in [3.05, 3.63) is 66.0 Å². The Morgan fingerprint density at radius 3 is 2.43 bits per heavy atom. The summed E-state index contributed by atoms with van der Waals surface area (Å²) in [5, 5.41) is 4.31. The second kappa shape index (κ2) is 8.07. The molecule has 0 aliphatic heterocycles. The minimum Gasteiger partial charge on any atom is -0.464 e. The van der Waals surface area contributed by atoms with Crippen LogP contribution in [-0.4, -0.2) is 39.2 Å². The molecular weight excluding hydrogens is 377 g/mol. The van der Waals surface area contributed by atoms with Crippen LogP contribution in [0.5, 0.6) is 5.75 Å². The van der Waals surface area contributed by atoms with Crippen molar-refractivity contribution in [2.45, 2.75) is 19.2 Å². The van der Waals surface area contributed by atoms with Gasteiger partial charge in [-0.05, 0) is 42.3 Å². The summed E-state index contributed by atoms with van der Waals surface area (Å²) in [6.07, 6.45) is -0.527. The molecule has 3 aromatic rings. The average Bonchev–Trinajstić information content (AvgIpc) is 3.14. The van der Waals surface area contributed by atoms with E-state index in [-0.39, 0.29) is 11.4 Å².